The van der Waals surface area contributed by atoms with Crippen LogP contribution in [0, 0.1) is 0 Å². The van der Waals surface area contributed by atoms with E-state index in [1.54, 1.807) is 0 Å². The Balaban J connectivity index is 1.81. The molecule has 0 aliphatic rings. The molecule has 0 radical (unpaired) electrons. The fourth-order valence-corrected chi connectivity index (χ4v) is 6.97. The lowest BCUT2D eigenvalue weighted by Crippen LogP contribution is -2.22. The lowest BCUT2D eigenvalue weighted by molar-refractivity contribution is 1.13. The first kappa shape index (κ1) is 22.1. The Hall–Kier alpha value is -3.67. The molecule has 0 unspecified atom stereocenters. The van der Waals surface area contributed by atoms with E-state index < -0.39 is 7.92 Å². The van der Waals surface area contributed by atoms with Crippen molar-refractivity contribution >= 4 is 29.5 Å². The van der Waals surface area contributed by atoms with Crippen LogP contribution in [0.4, 0.5) is 5.69 Å². The first-order valence-corrected chi connectivity index (χ1v) is 12.9. The van der Waals surface area contributed by atoms with Crippen LogP contribution < -0.4 is 20.8 Å². The monoisotopic (exact) mass is 457 g/mol. The summed E-state index contributed by atoms with van der Waals surface area (Å²) in [5, 5.41) is 4.10. The summed E-state index contributed by atoms with van der Waals surface area (Å²) in [5.74, 6) is 0. The zero-order chi connectivity index (χ0) is 23.3. The molecule has 0 N–H and O–H groups in total. The van der Waals surface area contributed by atoms with Crippen molar-refractivity contribution in [1.82, 2.24) is 0 Å². The lowest BCUT2D eigenvalue weighted by atomic mass is 9.92. The van der Waals surface area contributed by atoms with Gasteiger partial charge in [0.25, 0.3) is 0 Å². The largest absolute Gasteiger partial charge is 0.377 e. The molecule has 0 aliphatic heterocycles. The van der Waals surface area contributed by atoms with Crippen molar-refractivity contribution in [3.8, 4) is 22.3 Å². The topological polar surface area (TPSA) is 3.24 Å². The highest BCUT2D eigenvalue weighted by atomic mass is 31.1. The molecule has 0 aromatic heterocycles. The third-order valence-corrected chi connectivity index (χ3v) is 8.55. The van der Waals surface area contributed by atoms with Crippen LogP contribution in [0.2, 0.25) is 0 Å². The third kappa shape index (κ3) is 4.40. The molecule has 0 atom stereocenters. The highest BCUT2D eigenvalue weighted by Crippen LogP contribution is 2.43. The minimum absolute atomic E-state index is 0.722. The van der Waals surface area contributed by atoms with Gasteiger partial charge in [0.05, 0.1) is 0 Å². The number of hydrogen-bond donors (Lipinski definition) is 0. The second-order valence-corrected chi connectivity index (χ2v) is 10.7. The molecule has 2 heteroatoms. The predicted molar refractivity (Wildman–Crippen MR) is 150 cm³/mol. The van der Waals surface area contributed by atoms with Gasteiger partial charge >= 0.3 is 0 Å². The maximum absolute atomic E-state index is 2.32. The van der Waals surface area contributed by atoms with E-state index in [0.717, 1.165) is 0 Å². The van der Waals surface area contributed by atoms with Gasteiger partial charge in [0.2, 0.25) is 0 Å². The summed E-state index contributed by atoms with van der Waals surface area (Å²) in [6.45, 7) is 0. The molecule has 5 rings (SSSR count). The van der Waals surface area contributed by atoms with Crippen molar-refractivity contribution in [2.75, 3.05) is 19.0 Å². The average Bonchev–Trinajstić information content (AvgIpc) is 2.90. The Morgan fingerprint density at radius 3 is 1.56 bits per heavy atom. The Kier molecular flexibility index (Phi) is 6.56. The minimum Gasteiger partial charge on any atom is -0.377 e. The lowest BCUT2D eigenvalue weighted by Gasteiger charge is -2.26. The van der Waals surface area contributed by atoms with Gasteiger partial charge in [-0.15, -0.1) is 0 Å². The summed E-state index contributed by atoms with van der Waals surface area (Å²) >= 11 is 0. The highest BCUT2D eigenvalue weighted by molar-refractivity contribution is 7.80. The number of hydrogen-bond acceptors (Lipinski definition) is 1. The van der Waals surface area contributed by atoms with Crippen molar-refractivity contribution in [2.45, 2.75) is 0 Å². The molecule has 0 saturated heterocycles. The molecule has 0 spiro atoms. The SMILES string of the molecule is CN(C)c1cccc(-c2ccccc2)c1-c1ccccc1P(c1ccccc1)c1ccccc1. The van der Waals surface area contributed by atoms with E-state index in [-0.39, 0.29) is 0 Å². The summed E-state index contributed by atoms with van der Waals surface area (Å²) in [4.78, 5) is 2.23. The van der Waals surface area contributed by atoms with Gasteiger partial charge in [-0.05, 0) is 46.6 Å². The summed E-state index contributed by atoms with van der Waals surface area (Å²) in [5.41, 5.74) is 6.30. The minimum atomic E-state index is -0.722. The van der Waals surface area contributed by atoms with Gasteiger partial charge in [-0.3, -0.25) is 0 Å². The zero-order valence-corrected chi connectivity index (χ0v) is 20.5. The molecule has 166 valence electrons. The third-order valence-electron chi connectivity index (χ3n) is 6.05. The summed E-state index contributed by atoms with van der Waals surface area (Å²) in [6, 6.07) is 48.2. The molecule has 0 fully saturated rings. The number of anilines is 1. The van der Waals surface area contributed by atoms with Crippen molar-refractivity contribution < 1.29 is 0 Å². The van der Waals surface area contributed by atoms with E-state index in [4.69, 9.17) is 0 Å². The molecule has 0 heterocycles. The van der Waals surface area contributed by atoms with E-state index >= 15 is 0 Å². The van der Waals surface area contributed by atoms with Crippen LogP contribution in [-0.4, -0.2) is 14.1 Å². The Morgan fingerprint density at radius 2 is 0.971 bits per heavy atom. The van der Waals surface area contributed by atoms with E-state index in [2.05, 4.69) is 152 Å². The molecule has 1 nitrogen and oxygen atoms in total. The summed E-state index contributed by atoms with van der Waals surface area (Å²) in [7, 11) is 3.54. The van der Waals surface area contributed by atoms with Gasteiger partial charge in [-0.25, -0.2) is 0 Å². The van der Waals surface area contributed by atoms with Gasteiger partial charge in [0.15, 0.2) is 0 Å². The number of nitrogens with zero attached hydrogens (tertiary/aromatic N) is 1. The van der Waals surface area contributed by atoms with E-state index in [9.17, 15) is 0 Å². The van der Waals surface area contributed by atoms with Crippen molar-refractivity contribution in [3.05, 3.63) is 133 Å². The van der Waals surface area contributed by atoms with Crippen LogP contribution in [0.15, 0.2) is 133 Å². The predicted octanol–water partition coefficient (Wildman–Crippen LogP) is 6.84. The molecule has 0 bridgehead atoms. The molecule has 5 aromatic rings. The maximum Gasteiger partial charge on any atom is 0.0447 e. The fourth-order valence-electron chi connectivity index (χ4n) is 4.52. The summed E-state index contributed by atoms with van der Waals surface area (Å²) < 4.78 is 0. The molecular weight excluding hydrogens is 429 g/mol. The Morgan fingerprint density at radius 1 is 0.471 bits per heavy atom. The van der Waals surface area contributed by atoms with Crippen molar-refractivity contribution in [3.63, 3.8) is 0 Å². The van der Waals surface area contributed by atoms with Crippen LogP contribution >= 0.6 is 7.92 Å². The maximum atomic E-state index is 2.32. The van der Waals surface area contributed by atoms with Gasteiger partial charge < -0.3 is 4.90 Å². The zero-order valence-electron chi connectivity index (χ0n) is 19.6. The van der Waals surface area contributed by atoms with Crippen LogP contribution in [0.1, 0.15) is 0 Å². The standard InChI is InChI=1S/C32H28NP/c1-33(2)30-23-14-22-28(25-15-6-3-7-16-25)32(30)29-21-12-13-24-31(29)34(26-17-8-4-9-18-26)27-19-10-5-11-20-27/h3-24H,1-2H3. The van der Waals surface area contributed by atoms with Gasteiger partial charge in [0, 0.05) is 25.3 Å². The van der Waals surface area contributed by atoms with Crippen LogP contribution in [0.5, 0.6) is 0 Å². The van der Waals surface area contributed by atoms with Crippen LogP contribution in [-0.2, 0) is 0 Å². The molecular formula is C32H28NP. The second kappa shape index (κ2) is 10.1. The van der Waals surface area contributed by atoms with Crippen molar-refractivity contribution in [2.24, 2.45) is 0 Å². The highest BCUT2D eigenvalue weighted by Gasteiger charge is 2.23. The second-order valence-electron chi connectivity index (χ2n) is 8.48. The quantitative estimate of drug-likeness (QED) is 0.252. The van der Waals surface area contributed by atoms with Crippen molar-refractivity contribution in [1.29, 1.82) is 0 Å². The number of benzene rings is 5. The smallest absolute Gasteiger partial charge is 0.0447 e. The molecule has 5 aromatic carbocycles. The van der Waals surface area contributed by atoms with Crippen LogP contribution in [0.25, 0.3) is 22.3 Å². The molecule has 34 heavy (non-hydrogen) atoms. The molecule has 0 aliphatic carbocycles. The first-order chi connectivity index (χ1) is 16.7. The normalized spacial score (nSPS) is 10.9. The van der Waals surface area contributed by atoms with Gasteiger partial charge in [-0.1, -0.05) is 127 Å². The van der Waals surface area contributed by atoms with Crippen LogP contribution in [0.3, 0.4) is 0 Å². The molecule has 0 saturated carbocycles. The van der Waals surface area contributed by atoms with E-state index in [0.29, 0.717) is 0 Å². The molecule has 0 amide bonds. The van der Waals surface area contributed by atoms with E-state index in [1.807, 2.05) is 0 Å². The average molecular weight is 458 g/mol. The summed E-state index contributed by atoms with van der Waals surface area (Å²) in [6.07, 6.45) is 0. The van der Waals surface area contributed by atoms with Gasteiger partial charge in [0.1, 0.15) is 0 Å². The Bertz CT molecular complexity index is 1320. The number of rotatable bonds is 6. The van der Waals surface area contributed by atoms with E-state index in [1.165, 1.54) is 43.9 Å². The van der Waals surface area contributed by atoms with Gasteiger partial charge in [-0.2, -0.15) is 0 Å². The Labute approximate surface area is 204 Å². The first-order valence-electron chi connectivity index (χ1n) is 11.6. The fraction of sp³-hybridized carbons (Fsp3) is 0.0625.